The lowest BCUT2D eigenvalue weighted by Crippen LogP contribution is -2.22. The number of ether oxygens (including phenoxy) is 1. The molecule has 0 amide bonds. The number of carbonyl (C=O) groups is 1. The molecule has 0 bridgehead atoms. The molecule has 6 nitrogen and oxygen atoms in total. The highest BCUT2D eigenvalue weighted by molar-refractivity contribution is 5.89. The average molecular weight is 248 g/mol. The second kappa shape index (κ2) is 4.87. The number of nitrogens with zero attached hydrogens (tertiary/aromatic N) is 1. The molecule has 1 aromatic heterocycles. The van der Waals surface area contributed by atoms with E-state index in [4.69, 9.17) is 0 Å². The molecule has 0 aliphatic heterocycles. The molecule has 0 radical (unpaired) electrons. The molecule has 2 rings (SSSR count). The Morgan fingerprint density at radius 1 is 1.50 bits per heavy atom. The van der Waals surface area contributed by atoms with Crippen LogP contribution in [0.2, 0.25) is 0 Å². The van der Waals surface area contributed by atoms with Gasteiger partial charge in [0.15, 0.2) is 0 Å². The number of aromatic nitrogens is 1. The molecular formula is C12H12N2O4. The minimum atomic E-state index is -0.888. The van der Waals surface area contributed by atoms with E-state index in [1.54, 1.807) is 6.20 Å². The van der Waals surface area contributed by atoms with E-state index in [-0.39, 0.29) is 0 Å². The number of hydrogen-bond donors (Lipinski definition) is 1. The summed E-state index contributed by atoms with van der Waals surface area (Å²) in [7, 11) is 1.23. The van der Waals surface area contributed by atoms with E-state index in [1.807, 2.05) is 24.3 Å². The Kier molecular flexibility index (Phi) is 3.27. The summed E-state index contributed by atoms with van der Waals surface area (Å²) in [5.74, 6) is -1.49. The fourth-order valence-corrected chi connectivity index (χ4v) is 1.97. The van der Waals surface area contributed by atoms with Crippen LogP contribution in [0.15, 0.2) is 30.5 Å². The van der Waals surface area contributed by atoms with Gasteiger partial charge in [-0.2, -0.15) is 0 Å². The second-order valence-electron chi connectivity index (χ2n) is 3.88. The predicted molar refractivity (Wildman–Crippen MR) is 64.9 cm³/mol. The van der Waals surface area contributed by atoms with Crippen molar-refractivity contribution in [2.24, 2.45) is 0 Å². The summed E-state index contributed by atoms with van der Waals surface area (Å²) in [6, 6.07) is 7.33. The first kappa shape index (κ1) is 12.1. The lowest BCUT2D eigenvalue weighted by atomic mass is 9.99. The number of para-hydroxylation sites is 1. The molecule has 1 aromatic carbocycles. The van der Waals surface area contributed by atoms with E-state index in [9.17, 15) is 14.9 Å². The number of esters is 1. The van der Waals surface area contributed by atoms with E-state index in [2.05, 4.69) is 9.72 Å². The molecule has 0 aliphatic rings. The van der Waals surface area contributed by atoms with Crippen LogP contribution in [0.4, 0.5) is 0 Å². The minimum absolute atomic E-state index is 0.478. The molecule has 1 atom stereocenters. The third-order valence-corrected chi connectivity index (χ3v) is 2.81. The Labute approximate surface area is 103 Å². The molecule has 0 saturated heterocycles. The second-order valence-corrected chi connectivity index (χ2v) is 3.88. The highest BCUT2D eigenvalue weighted by Crippen LogP contribution is 2.26. The predicted octanol–water partition coefficient (Wildman–Crippen LogP) is 1.70. The normalized spacial score (nSPS) is 12.3. The van der Waals surface area contributed by atoms with Crippen LogP contribution in [0.5, 0.6) is 0 Å². The molecule has 0 aliphatic carbocycles. The fraction of sp³-hybridized carbons (Fsp3) is 0.250. The van der Waals surface area contributed by atoms with Gasteiger partial charge in [0.25, 0.3) is 0 Å². The van der Waals surface area contributed by atoms with E-state index in [1.165, 1.54) is 7.11 Å². The van der Waals surface area contributed by atoms with Crippen molar-refractivity contribution >= 4 is 16.9 Å². The summed E-state index contributed by atoms with van der Waals surface area (Å²) in [5, 5.41) is 11.4. The molecular weight excluding hydrogens is 236 g/mol. The van der Waals surface area contributed by atoms with Gasteiger partial charge in [0, 0.05) is 22.0 Å². The molecule has 0 unspecified atom stereocenters. The maximum Gasteiger partial charge on any atom is 0.319 e. The average Bonchev–Trinajstić information content (AvgIpc) is 2.78. The van der Waals surface area contributed by atoms with Crippen LogP contribution >= 0.6 is 0 Å². The van der Waals surface area contributed by atoms with Crippen LogP contribution in [-0.2, 0) is 9.53 Å². The van der Waals surface area contributed by atoms with Crippen molar-refractivity contribution in [2.45, 2.75) is 5.92 Å². The van der Waals surface area contributed by atoms with Crippen molar-refractivity contribution in [2.75, 3.05) is 13.7 Å². The molecule has 1 N–H and O–H groups in total. The van der Waals surface area contributed by atoms with Crippen LogP contribution in [0, 0.1) is 10.1 Å². The van der Waals surface area contributed by atoms with Gasteiger partial charge in [-0.1, -0.05) is 18.2 Å². The summed E-state index contributed by atoms with van der Waals surface area (Å²) >= 11 is 0. The molecule has 1 heterocycles. The number of hydrogen-bond acceptors (Lipinski definition) is 4. The van der Waals surface area contributed by atoms with Crippen LogP contribution in [0.25, 0.3) is 10.9 Å². The van der Waals surface area contributed by atoms with Gasteiger partial charge >= 0.3 is 5.97 Å². The van der Waals surface area contributed by atoms with Gasteiger partial charge in [-0.15, -0.1) is 0 Å². The zero-order chi connectivity index (χ0) is 13.1. The van der Waals surface area contributed by atoms with E-state index in [0.29, 0.717) is 5.56 Å². The number of nitrogens with one attached hydrogen (secondary N) is 1. The van der Waals surface area contributed by atoms with Crippen molar-refractivity contribution in [1.29, 1.82) is 0 Å². The Morgan fingerprint density at radius 2 is 2.22 bits per heavy atom. The SMILES string of the molecule is COC(=O)[C@@H](C[N+](=O)[O-])c1c[nH]c2ccccc12. The van der Waals surface area contributed by atoms with Gasteiger partial charge in [0.05, 0.1) is 7.11 Å². The van der Waals surface area contributed by atoms with Gasteiger partial charge < -0.3 is 9.72 Å². The highest BCUT2D eigenvalue weighted by atomic mass is 16.6. The van der Waals surface area contributed by atoms with Crippen LogP contribution < -0.4 is 0 Å². The number of nitro groups is 1. The zero-order valence-electron chi connectivity index (χ0n) is 9.75. The molecule has 18 heavy (non-hydrogen) atoms. The van der Waals surface area contributed by atoms with Crippen molar-refractivity contribution in [3.8, 4) is 0 Å². The molecule has 0 saturated carbocycles. The first-order valence-corrected chi connectivity index (χ1v) is 5.39. The molecule has 94 valence electrons. The number of H-pyrrole nitrogens is 1. The minimum Gasteiger partial charge on any atom is -0.468 e. The first-order chi connectivity index (χ1) is 8.63. The third-order valence-electron chi connectivity index (χ3n) is 2.81. The Hall–Kier alpha value is -2.37. The number of methoxy groups -OCH3 is 1. The zero-order valence-corrected chi connectivity index (χ0v) is 9.75. The van der Waals surface area contributed by atoms with Gasteiger partial charge in [0.1, 0.15) is 5.92 Å². The summed E-state index contributed by atoms with van der Waals surface area (Å²) in [5.41, 5.74) is 1.43. The van der Waals surface area contributed by atoms with E-state index >= 15 is 0 Å². The summed E-state index contributed by atoms with van der Waals surface area (Å²) < 4.78 is 4.63. The van der Waals surface area contributed by atoms with Gasteiger partial charge in [-0.05, 0) is 11.6 Å². The summed E-state index contributed by atoms with van der Waals surface area (Å²) in [4.78, 5) is 24.8. The fourth-order valence-electron chi connectivity index (χ4n) is 1.97. The van der Waals surface area contributed by atoms with E-state index in [0.717, 1.165) is 10.9 Å². The van der Waals surface area contributed by atoms with Crippen molar-refractivity contribution in [1.82, 2.24) is 4.98 Å². The quantitative estimate of drug-likeness (QED) is 0.507. The largest absolute Gasteiger partial charge is 0.468 e. The first-order valence-electron chi connectivity index (χ1n) is 5.39. The highest BCUT2D eigenvalue weighted by Gasteiger charge is 2.29. The van der Waals surface area contributed by atoms with Crippen molar-refractivity contribution in [3.63, 3.8) is 0 Å². The standard InChI is InChI=1S/C12H12N2O4/c1-18-12(15)10(7-14(16)17)9-6-13-11-5-3-2-4-8(9)11/h2-6,10,13H,7H2,1H3/t10-/m0/s1. The van der Waals surface area contributed by atoms with Gasteiger partial charge in [-0.3, -0.25) is 14.9 Å². The van der Waals surface area contributed by atoms with E-state index < -0.39 is 23.4 Å². The summed E-state index contributed by atoms with van der Waals surface area (Å²) in [6.07, 6.45) is 1.62. The number of aromatic amines is 1. The summed E-state index contributed by atoms with van der Waals surface area (Å²) in [6.45, 7) is -0.478. The van der Waals surface area contributed by atoms with Crippen LogP contribution in [0.1, 0.15) is 11.5 Å². The topological polar surface area (TPSA) is 85.2 Å². The Bertz CT molecular complexity index is 591. The Morgan fingerprint density at radius 3 is 2.89 bits per heavy atom. The number of rotatable bonds is 4. The van der Waals surface area contributed by atoms with Gasteiger partial charge in [0.2, 0.25) is 6.54 Å². The smallest absolute Gasteiger partial charge is 0.319 e. The maximum absolute atomic E-state index is 11.6. The number of carbonyl (C=O) groups excluding carboxylic acids is 1. The lowest BCUT2D eigenvalue weighted by Gasteiger charge is -2.09. The van der Waals surface area contributed by atoms with Crippen LogP contribution in [-0.4, -0.2) is 29.5 Å². The Balaban J connectivity index is 2.47. The monoisotopic (exact) mass is 248 g/mol. The van der Waals surface area contributed by atoms with Crippen LogP contribution in [0.3, 0.4) is 0 Å². The molecule has 0 spiro atoms. The van der Waals surface area contributed by atoms with Gasteiger partial charge in [-0.25, -0.2) is 0 Å². The molecule has 6 heteroatoms. The lowest BCUT2D eigenvalue weighted by molar-refractivity contribution is -0.481. The molecule has 0 fully saturated rings. The number of benzene rings is 1. The number of fused-ring (bicyclic) bond motifs is 1. The molecule has 2 aromatic rings. The van der Waals surface area contributed by atoms with Crippen molar-refractivity contribution in [3.05, 3.63) is 46.1 Å². The third kappa shape index (κ3) is 2.17. The maximum atomic E-state index is 11.6. The van der Waals surface area contributed by atoms with Crippen molar-refractivity contribution < 1.29 is 14.5 Å².